The highest BCUT2D eigenvalue weighted by Crippen LogP contribution is 2.40. The second-order valence-electron chi connectivity index (χ2n) is 6.68. The fourth-order valence-electron chi connectivity index (χ4n) is 3.41. The zero-order chi connectivity index (χ0) is 16.7. The van der Waals surface area contributed by atoms with E-state index in [1.54, 1.807) is 11.8 Å². The van der Waals surface area contributed by atoms with E-state index in [0.29, 0.717) is 45.4 Å². The van der Waals surface area contributed by atoms with Crippen LogP contribution in [0.4, 0.5) is 19.1 Å². The minimum Gasteiger partial charge on any atom is -0.390 e. The summed E-state index contributed by atoms with van der Waals surface area (Å²) in [6, 6.07) is 0.871. The number of piperidine rings is 1. The lowest BCUT2D eigenvalue weighted by molar-refractivity contribution is -0.162. The van der Waals surface area contributed by atoms with Gasteiger partial charge in [-0.1, -0.05) is 0 Å². The first-order valence-electron chi connectivity index (χ1n) is 7.71. The van der Waals surface area contributed by atoms with E-state index < -0.39 is 17.5 Å². The van der Waals surface area contributed by atoms with E-state index in [-0.39, 0.29) is 11.5 Å². The Hall–Kier alpha value is -1.41. The summed E-state index contributed by atoms with van der Waals surface area (Å²) in [6.07, 6.45) is -0.894. The zero-order valence-electron chi connectivity index (χ0n) is 12.9. The van der Waals surface area contributed by atoms with Crippen LogP contribution in [0.5, 0.6) is 0 Å². The molecule has 1 N–H and O–H groups in total. The van der Waals surface area contributed by atoms with Gasteiger partial charge in [-0.05, 0) is 32.3 Å². The highest BCUT2D eigenvalue weighted by atomic mass is 19.4. The topological polar surface area (TPSA) is 58.5 Å². The fourth-order valence-corrected chi connectivity index (χ4v) is 3.41. The number of alkyl halides is 3. The number of nitrogens with zero attached hydrogens (tertiary/aromatic N) is 3. The molecule has 5 nitrogen and oxygen atoms in total. The highest BCUT2D eigenvalue weighted by Gasteiger charge is 2.44. The summed E-state index contributed by atoms with van der Waals surface area (Å²) >= 11 is 0. The van der Waals surface area contributed by atoms with Crippen molar-refractivity contribution in [3.8, 4) is 0 Å². The van der Waals surface area contributed by atoms with Gasteiger partial charge in [-0.2, -0.15) is 13.2 Å². The van der Waals surface area contributed by atoms with Gasteiger partial charge in [-0.15, -0.1) is 0 Å². The molecule has 3 heterocycles. The molecule has 2 aliphatic rings. The number of ether oxygens (including phenoxy) is 1. The first-order chi connectivity index (χ1) is 10.7. The third-order valence-electron chi connectivity index (χ3n) is 4.64. The van der Waals surface area contributed by atoms with E-state index in [9.17, 15) is 18.3 Å². The van der Waals surface area contributed by atoms with Crippen LogP contribution in [0, 0.1) is 0 Å². The summed E-state index contributed by atoms with van der Waals surface area (Å²) < 4.78 is 44.1. The smallest absolute Gasteiger partial charge is 0.390 e. The molecule has 0 aliphatic carbocycles. The van der Waals surface area contributed by atoms with E-state index in [1.807, 2.05) is 0 Å². The van der Waals surface area contributed by atoms with Gasteiger partial charge in [0.2, 0.25) is 5.95 Å². The molecule has 1 spiro atoms. The van der Waals surface area contributed by atoms with Gasteiger partial charge in [0.1, 0.15) is 5.69 Å². The van der Waals surface area contributed by atoms with E-state index in [0.717, 1.165) is 12.3 Å². The molecule has 1 aromatic heterocycles. The second-order valence-corrected chi connectivity index (χ2v) is 6.68. The first-order valence-corrected chi connectivity index (χ1v) is 7.71. The summed E-state index contributed by atoms with van der Waals surface area (Å²) in [7, 11) is 0. The Morgan fingerprint density at radius 1 is 1.26 bits per heavy atom. The van der Waals surface area contributed by atoms with Gasteiger partial charge in [0.05, 0.1) is 17.8 Å². The summed E-state index contributed by atoms with van der Waals surface area (Å²) in [5, 5.41) is 10.3. The van der Waals surface area contributed by atoms with Crippen LogP contribution in [0.15, 0.2) is 12.3 Å². The van der Waals surface area contributed by atoms with Crippen molar-refractivity contribution in [2.24, 2.45) is 0 Å². The minimum atomic E-state index is -4.47. The molecule has 0 bridgehead atoms. The standard InChI is InChI=1S/C15H20F3N3O2/c1-13(22)5-9-23-14(10-13)3-7-21(8-4-14)12-19-6-2-11(20-12)15(16,17)18/h2,6,22H,3-5,7-10H2,1H3. The van der Waals surface area contributed by atoms with Gasteiger partial charge in [0, 0.05) is 25.7 Å². The quantitative estimate of drug-likeness (QED) is 0.856. The maximum absolute atomic E-state index is 12.7. The van der Waals surface area contributed by atoms with Crippen molar-refractivity contribution in [2.45, 2.75) is 50.0 Å². The molecule has 23 heavy (non-hydrogen) atoms. The molecule has 1 unspecified atom stereocenters. The number of aromatic nitrogens is 2. The summed E-state index contributed by atoms with van der Waals surface area (Å²) in [5.74, 6) is 0.0947. The zero-order valence-corrected chi connectivity index (χ0v) is 12.9. The summed E-state index contributed by atoms with van der Waals surface area (Å²) in [6.45, 7) is 3.33. The molecule has 0 aromatic carbocycles. The molecule has 0 saturated carbocycles. The average molecular weight is 331 g/mol. The SMILES string of the molecule is CC1(O)CCOC2(CCN(c3nccc(C(F)(F)F)n3)CC2)C1. The second kappa shape index (κ2) is 5.59. The Morgan fingerprint density at radius 3 is 2.57 bits per heavy atom. The van der Waals surface area contributed by atoms with Crippen molar-refractivity contribution < 1.29 is 23.0 Å². The molecule has 1 atom stereocenters. The Kier molecular flexibility index (Phi) is 4.00. The van der Waals surface area contributed by atoms with Gasteiger partial charge in [0.15, 0.2) is 0 Å². The molecule has 0 amide bonds. The molecule has 2 saturated heterocycles. The molecule has 8 heteroatoms. The van der Waals surface area contributed by atoms with Crippen LogP contribution >= 0.6 is 0 Å². The Balaban J connectivity index is 1.70. The number of aliphatic hydroxyl groups is 1. The third-order valence-corrected chi connectivity index (χ3v) is 4.64. The molecule has 128 valence electrons. The first kappa shape index (κ1) is 16.4. The van der Waals surface area contributed by atoms with Crippen molar-refractivity contribution in [1.82, 2.24) is 9.97 Å². The largest absolute Gasteiger partial charge is 0.433 e. The number of hydrogen-bond donors (Lipinski definition) is 1. The Morgan fingerprint density at radius 2 is 1.96 bits per heavy atom. The van der Waals surface area contributed by atoms with Crippen molar-refractivity contribution >= 4 is 5.95 Å². The fraction of sp³-hybridized carbons (Fsp3) is 0.733. The molecule has 1 aromatic rings. The van der Waals surface area contributed by atoms with E-state index in [2.05, 4.69) is 9.97 Å². The highest BCUT2D eigenvalue weighted by molar-refractivity contribution is 5.32. The van der Waals surface area contributed by atoms with Crippen molar-refractivity contribution in [3.63, 3.8) is 0 Å². The molecule has 2 fully saturated rings. The lowest BCUT2D eigenvalue weighted by atomic mass is 9.78. The monoisotopic (exact) mass is 331 g/mol. The third kappa shape index (κ3) is 3.58. The molecule has 2 aliphatic heterocycles. The maximum Gasteiger partial charge on any atom is 0.433 e. The van der Waals surface area contributed by atoms with Crippen LogP contribution < -0.4 is 4.90 Å². The number of rotatable bonds is 1. The molecular weight excluding hydrogens is 311 g/mol. The maximum atomic E-state index is 12.7. The number of anilines is 1. The van der Waals surface area contributed by atoms with E-state index >= 15 is 0 Å². The van der Waals surface area contributed by atoms with Gasteiger partial charge >= 0.3 is 6.18 Å². The van der Waals surface area contributed by atoms with Crippen LogP contribution in [0.25, 0.3) is 0 Å². The van der Waals surface area contributed by atoms with Crippen LogP contribution in [-0.4, -0.2) is 46.0 Å². The Bertz CT molecular complexity index is 569. The van der Waals surface area contributed by atoms with Crippen LogP contribution in [-0.2, 0) is 10.9 Å². The van der Waals surface area contributed by atoms with Crippen molar-refractivity contribution in [3.05, 3.63) is 18.0 Å². The normalized spacial score (nSPS) is 28.1. The van der Waals surface area contributed by atoms with Crippen molar-refractivity contribution in [1.29, 1.82) is 0 Å². The lowest BCUT2D eigenvalue weighted by Gasteiger charge is -2.48. The predicted octanol–water partition coefficient (Wildman–Crippen LogP) is 2.40. The van der Waals surface area contributed by atoms with Crippen LogP contribution in [0.1, 0.15) is 38.3 Å². The summed E-state index contributed by atoms with van der Waals surface area (Å²) in [5.41, 5.74) is -2.06. The minimum absolute atomic E-state index is 0.0947. The number of halogens is 3. The predicted molar refractivity (Wildman–Crippen MR) is 77.0 cm³/mol. The van der Waals surface area contributed by atoms with Gasteiger partial charge in [-0.25, -0.2) is 9.97 Å². The van der Waals surface area contributed by atoms with Gasteiger partial charge in [0.25, 0.3) is 0 Å². The van der Waals surface area contributed by atoms with Gasteiger partial charge < -0.3 is 14.7 Å². The molecule has 3 rings (SSSR count). The van der Waals surface area contributed by atoms with Crippen molar-refractivity contribution in [2.75, 3.05) is 24.6 Å². The molecule has 0 radical (unpaired) electrons. The van der Waals surface area contributed by atoms with E-state index in [1.165, 1.54) is 0 Å². The summed E-state index contributed by atoms with van der Waals surface area (Å²) in [4.78, 5) is 9.34. The van der Waals surface area contributed by atoms with Gasteiger partial charge in [-0.3, -0.25) is 0 Å². The molecular formula is C15H20F3N3O2. The van der Waals surface area contributed by atoms with E-state index in [4.69, 9.17) is 4.74 Å². The van der Waals surface area contributed by atoms with Crippen LogP contribution in [0.2, 0.25) is 0 Å². The Labute approximate surface area is 132 Å². The lowest BCUT2D eigenvalue weighted by Crippen LogP contribution is -2.53. The number of hydrogen-bond acceptors (Lipinski definition) is 5. The average Bonchev–Trinajstić information content (AvgIpc) is 2.46. The van der Waals surface area contributed by atoms with Crippen LogP contribution in [0.3, 0.4) is 0 Å².